The highest BCUT2D eigenvalue weighted by Crippen LogP contribution is 2.36. The van der Waals surface area contributed by atoms with Crippen LogP contribution in [-0.2, 0) is 4.79 Å². The summed E-state index contributed by atoms with van der Waals surface area (Å²) < 4.78 is 0.485. The van der Waals surface area contributed by atoms with Crippen molar-refractivity contribution in [3.05, 3.63) is 70.1 Å². The summed E-state index contributed by atoms with van der Waals surface area (Å²) in [5.74, 6) is -1.15. The van der Waals surface area contributed by atoms with Crippen molar-refractivity contribution in [3.8, 4) is 0 Å². The van der Waals surface area contributed by atoms with E-state index in [0.29, 0.717) is 9.23 Å². The Kier molecular flexibility index (Phi) is 4.51. The lowest BCUT2D eigenvalue weighted by Crippen LogP contribution is -2.27. The van der Waals surface area contributed by atoms with Crippen LogP contribution in [0.15, 0.2) is 53.4 Å². The van der Waals surface area contributed by atoms with Gasteiger partial charge in [0, 0.05) is 0 Å². The second kappa shape index (κ2) is 6.59. The van der Waals surface area contributed by atoms with E-state index in [1.165, 1.54) is 28.8 Å². The Balaban J connectivity index is 1.89. The molecule has 3 rings (SSSR count). The number of nitrogens with zero attached hydrogens (tertiary/aromatic N) is 1. The van der Waals surface area contributed by atoms with Crippen molar-refractivity contribution < 1.29 is 14.7 Å². The summed E-state index contributed by atoms with van der Waals surface area (Å²) >= 11 is 6.58. The van der Waals surface area contributed by atoms with Crippen LogP contribution in [0.2, 0.25) is 0 Å². The zero-order valence-electron chi connectivity index (χ0n) is 12.7. The average molecular weight is 355 g/mol. The Hall–Kier alpha value is -2.44. The second-order valence-electron chi connectivity index (χ2n) is 5.28. The van der Waals surface area contributed by atoms with Crippen LogP contribution in [0.25, 0.3) is 6.08 Å². The quantitative estimate of drug-likeness (QED) is 0.663. The molecule has 0 aromatic heterocycles. The first kappa shape index (κ1) is 16.4. The molecular formula is C18H13NO3S2. The van der Waals surface area contributed by atoms with Gasteiger partial charge in [0.25, 0.3) is 5.91 Å². The van der Waals surface area contributed by atoms with E-state index in [0.717, 1.165) is 16.8 Å². The Morgan fingerprint density at radius 2 is 1.92 bits per heavy atom. The predicted molar refractivity (Wildman–Crippen MR) is 100 cm³/mol. The van der Waals surface area contributed by atoms with E-state index in [-0.39, 0.29) is 11.5 Å². The molecule has 1 heterocycles. The van der Waals surface area contributed by atoms with E-state index in [2.05, 4.69) is 0 Å². The molecular weight excluding hydrogens is 342 g/mol. The number of anilines is 1. The number of amides is 1. The van der Waals surface area contributed by atoms with Crippen molar-refractivity contribution in [3.63, 3.8) is 0 Å². The van der Waals surface area contributed by atoms with Gasteiger partial charge in [-0.2, -0.15) is 0 Å². The Labute approximate surface area is 148 Å². The molecule has 0 unspecified atom stereocenters. The first-order valence-electron chi connectivity index (χ1n) is 7.14. The molecule has 0 bridgehead atoms. The maximum Gasteiger partial charge on any atom is 0.335 e. The fourth-order valence-corrected chi connectivity index (χ4v) is 3.63. The fraction of sp³-hybridized carbons (Fsp3) is 0.0556. The fourth-order valence-electron chi connectivity index (χ4n) is 2.33. The molecule has 0 aliphatic carbocycles. The normalized spacial score (nSPS) is 16.0. The Morgan fingerprint density at radius 3 is 2.54 bits per heavy atom. The summed E-state index contributed by atoms with van der Waals surface area (Å²) in [5, 5.41) is 8.92. The minimum absolute atomic E-state index is 0.169. The van der Waals surface area contributed by atoms with Gasteiger partial charge in [-0.1, -0.05) is 48.2 Å². The van der Waals surface area contributed by atoms with Gasteiger partial charge >= 0.3 is 5.97 Å². The van der Waals surface area contributed by atoms with E-state index in [1.807, 2.05) is 31.2 Å². The number of hydrogen-bond acceptors (Lipinski definition) is 4. The summed E-state index contributed by atoms with van der Waals surface area (Å²) in [7, 11) is 0. The van der Waals surface area contributed by atoms with E-state index < -0.39 is 5.97 Å². The van der Waals surface area contributed by atoms with Gasteiger partial charge in [0.05, 0.1) is 16.2 Å². The number of carbonyl (C=O) groups is 2. The average Bonchev–Trinajstić information content (AvgIpc) is 2.82. The van der Waals surface area contributed by atoms with Gasteiger partial charge in [0.2, 0.25) is 0 Å². The van der Waals surface area contributed by atoms with Gasteiger partial charge in [-0.25, -0.2) is 4.79 Å². The number of hydrogen-bond donors (Lipinski definition) is 1. The lowest BCUT2D eigenvalue weighted by molar-refractivity contribution is -0.113. The SMILES string of the molecule is Cc1cccc(N2C(=O)/C(=C\c3ccc(C(=O)O)cc3)SC2=S)c1. The second-order valence-corrected chi connectivity index (χ2v) is 6.96. The number of rotatable bonds is 3. The molecule has 1 saturated heterocycles. The summed E-state index contributed by atoms with van der Waals surface area (Å²) in [4.78, 5) is 25.6. The smallest absolute Gasteiger partial charge is 0.335 e. The third kappa shape index (κ3) is 3.25. The molecule has 1 fully saturated rings. The van der Waals surface area contributed by atoms with Crippen molar-refractivity contribution in [1.82, 2.24) is 0 Å². The zero-order valence-corrected chi connectivity index (χ0v) is 14.4. The summed E-state index contributed by atoms with van der Waals surface area (Å²) in [6.45, 7) is 1.96. The van der Waals surface area contributed by atoms with Gasteiger partial charge in [-0.15, -0.1) is 0 Å². The maximum atomic E-state index is 12.7. The maximum absolute atomic E-state index is 12.7. The minimum Gasteiger partial charge on any atom is -0.478 e. The van der Waals surface area contributed by atoms with Crippen molar-refractivity contribution in [2.24, 2.45) is 0 Å². The predicted octanol–water partition coefficient (Wildman–Crippen LogP) is 4.10. The highest BCUT2D eigenvalue weighted by atomic mass is 32.2. The first-order valence-corrected chi connectivity index (χ1v) is 8.36. The van der Waals surface area contributed by atoms with E-state index in [1.54, 1.807) is 18.2 Å². The molecule has 0 radical (unpaired) electrons. The monoisotopic (exact) mass is 355 g/mol. The number of thiocarbonyl (C=S) groups is 1. The highest BCUT2D eigenvalue weighted by molar-refractivity contribution is 8.27. The van der Waals surface area contributed by atoms with E-state index in [9.17, 15) is 9.59 Å². The molecule has 2 aromatic rings. The summed E-state index contributed by atoms with van der Waals surface area (Å²) in [6, 6.07) is 14.0. The standard InChI is InChI=1S/C18H13NO3S2/c1-11-3-2-4-14(9-11)19-16(20)15(24-18(19)23)10-12-5-7-13(8-6-12)17(21)22/h2-10H,1H3,(H,21,22)/b15-10+. The van der Waals surface area contributed by atoms with Crippen molar-refractivity contribution in [1.29, 1.82) is 0 Å². The topological polar surface area (TPSA) is 57.6 Å². The molecule has 24 heavy (non-hydrogen) atoms. The van der Waals surface area contributed by atoms with Gasteiger partial charge in [-0.3, -0.25) is 9.69 Å². The number of carboxylic acids is 1. The van der Waals surface area contributed by atoms with E-state index >= 15 is 0 Å². The van der Waals surface area contributed by atoms with Gasteiger partial charge in [0.15, 0.2) is 4.32 Å². The summed E-state index contributed by atoms with van der Waals surface area (Å²) in [5.41, 5.74) is 2.76. The molecule has 6 heteroatoms. The third-order valence-corrected chi connectivity index (χ3v) is 4.81. The number of benzene rings is 2. The first-order chi connectivity index (χ1) is 11.5. The van der Waals surface area contributed by atoms with Gasteiger partial charge in [-0.05, 0) is 48.4 Å². The third-order valence-electron chi connectivity index (χ3n) is 3.51. The largest absolute Gasteiger partial charge is 0.478 e. The van der Waals surface area contributed by atoms with Crippen LogP contribution < -0.4 is 4.90 Å². The molecule has 0 saturated carbocycles. The zero-order chi connectivity index (χ0) is 17.3. The van der Waals surface area contributed by atoms with Gasteiger partial charge < -0.3 is 5.11 Å². The molecule has 1 amide bonds. The number of carboxylic acid groups (broad SMARTS) is 1. The van der Waals surface area contributed by atoms with Gasteiger partial charge in [0.1, 0.15) is 0 Å². The van der Waals surface area contributed by atoms with Crippen LogP contribution in [0.5, 0.6) is 0 Å². The highest BCUT2D eigenvalue weighted by Gasteiger charge is 2.33. The van der Waals surface area contributed by atoms with Crippen molar-refractivity contribution in [2.45, 2.75) is 6.92 Å². The van der Waals surface area contributed by atoms with Crippen LogP contribution in [0.1, 0.15) is 21.5 Å². The molecule has 4 nitrogen and oxygen atoms in total. The van der Waals surface area contributed by atoms with Crippen molar-refractivity contribution >= 4 is 51.9 Å². The van der Waals surface area contributed by atoms with Crippen LogP contribution in [-0.4, -0.2) is 21.3 Å². The number of aryl methyl sites for hydroxylation is 1. The summed E-state index contributed by atoms with van der Waals surface area (Å²) in [6.07, 6.45) is 1.72. The molecule has 1 N–H and O–H groups in total. The number of aromatic carboxylic acids is 1. The Bertz CT molecular complexity index is 872. The minimum atomic E-state index is -0.979. The molecule has 0 spiro atoms. The lowest BCUT2D eigenvalue weighted by atomic mass is 10.1. The lowest BCUT2D eigenvalue weighted by Gasteiger charge is -2.14. The van der Waals surface area contributed by atoms with Crippen LogP contribution in [0.4, 0.5) is 5.69 Å². The molecule has 1 aliphatic heterocycles. The number of thioether (sulfide) groups is 1. The Morgan fingerprint density at radius 1 is 1.21 bits per heavy atom. The van der Waals surface area contributed by atoms with E-state index in [4.69, 9.17) is 17.3 Å². The molecule has 2 aromatic carbocycles. The number of carbonyl (C=O) groups excluding carboxylic acids is 1. The molecule has 1 aliphatic rings. The van der Waals surface area contributed by atoms with Crippen LogP contribution in [0, 0.1) is 6.92 Å². The van der Waals surface area contributed by atoms with Crippen molar-refractivity contribution in [2.75, 3.05) is 4.90 Å². The van der Waals surface area contributed by atoms with Crippen LogP contribution in [0.3, 0.4) is 0 Å². The molecule has 120 valence electrons. The van der Waals surface area contributed by atoms with Crippen LogP contribution >= 0.6 is 24.0 Å². The molecule has 0 atom stereocenters.